The molecular formula is C19H20BrN5O2S. The molecule has 0 unspecified atom stereocenters. The number of benzene rings is 1. The third kappa shape index (κ3) is 4.43. The van der Waals surface area contributed by atoms with Gasteiger partial charge in [-0.2, -0.15) is 0 Å². The number of halogens is 1. The number of H-pyrrole nitrogens is 1. The van der Waals surface area contributed by atoms with E-state index in [1.165, 1.54) is 0 Å². The Bertz CT molecular complexity index is 1040. The molecule has 1 saturated heterocycles. The summed E-state index contributed by atoms with van der Waals surface area (Å²) in [6.07, 6.45) is 0. The number of para-hydroxylation sites is 1. The summed E-state index contributed by atoms with van der Waals surface area (Å²) in [5, 5.41) is 5.58. The largest absolute Gasteiger partial charge is 0.333 e. The van der Waals surface area contributed by atoms with Crippen molar-refractivity contribution < 1.29 is 4.79 Å². The van der Waals surface area contributed by atoms with E-state index in [0.717, 1.165) is 22.4 Å². The van der Waals surface area contributed by atoms with Crippen molar-refractivity contribution in [2.45, 2.75) is 13.1 Å². The summed E-state index contributed by atoms with van der Waals surface area (Å²) in [6, 6.07) is 9.31. The van der Waals surface area contributed by atoms with Crippen molar-refractivity contribution in [2.24, 2.45) is 0 Å². The molecule has 2 aromatic heterocycles. The highest BCUT2D eigenvalue weighted by atomic mass is 79.9. The Labute approximate surface area is 174 Å². The molecule has 3 aromatic rings. The molecule has 1 aliphatic heterocycles. The molecule has 0 radical (unpaired) electrons. The Kier molecular flexibility index (Phi) is 5.74. The highest BCUT2D eigenvalue weighted by molar-refractivity contribution is 9.10. The number of hydrogen-bond acceptors (Lipinski definition) is 5. The van der Waals surface area contributed by atoms with Crippen LogP contribution in [0.5, 0.6) is 0 Å². The van der Waals surface area contributed by atoms with Gasteiger partial charge in [0, 0.05) is 40.9 Å². The standard InChI is InChI=1S/C19H20BrN5O2S/c20-13-9-14(28-12-13)10-21-19(27)25-7-5-24(6-8-25)11-17-22-16-4-2-1-3-15(16)18(26)23-17/h1-4,9,12H,5-8,10-11H2,(H,21,27)(H,22,23,26). The first-order valence-corrected chi connectivity index (χ1v) is 10.7. The third-order valence-corrected chi connectivity index (χ3v) is 6.43. The summed E-state index contributed by atoms with van der Waals surface area (Å²) in [6.45, 7) is 3.90. The van der Waals surface area contributed by atoms with E-state index in [0.29, 0.717) is 42.9 Å². The zero-order chi connectivity index (χ0) is 19.5. The van der Waals surface area contributed by atoms with Crippen molar-refractivity contribution in [3.05, 3.63) is 61.2 Å². The van der Waals surface area contributed by atoms with Gasteiger partial charge in [0.25, 0.3) is 5.56 Å². The zero-order valence-electron chi connectivity index (χ0n) is 15.2. The van der Waals surface area contributed by atoms with E-state index >= 15 is 0 Å². The summed E-state index contributed by atoms with van der Waals surface area (Å²) < 4.78 is 1.04. The number of urea groups is 1. The number of rotatable bonds is 4. The minimum absolute atomic E-state index is 0.0404. The zero-order valence-corrected chi connectivity index (χ0v) is 17.6. The Balaban J connectivity index is 1.30. The lowest BCUT2D eigenvalue weighted by atomic mass is 10.2. The lowest BCUT2D eigenvalue weighted by molar-refractivity contribution is 0.133. The first kappa shape index (κ1) is 19.1. The first-order valence-electron chi connectivity index (χ1n) is 9.04. The van der Waals surface area contributed by atoms with Crippen LogP contribution in [0.15, 0.2) is 45.0 Å². The summed E-state index contributed by atoms with van der Waals surface area (Å²) in [7, 11) is 0. The van der Waals surface area contributed by atoms with Gasteiger partial charge in [0.2, 0.25) is 0 Å². The van der Waals surface area contributed by atoms with Crippen molar-refractivity contribution in [1.29, 1.82) is 0 Å². The van der Waals surface area contributed by atoms with Crippen LogP contribution in [-0.2, 0) is 13.1 Å². The van der Waals surface area contributed by atoms with Crippen LogP contribution in [0.4, 0.5) is 4.79 Å². The van der Waals surface area contributed by atoms with E-state index in [2.05, 4.69) is 36.1 Å². The van der Waals surface area contributed by atoms with Crippen LogP contribution in [-0.4, -0.2) is 52.0 Å². The molecule has 0 aliphatic carbocycles. The van der Waals surface area contributed by atoms with Crippen LogP contribution >= 0.6 is 27.3 Å². The highest BCUT2D eigenvalue weighted by Crippen LogP contribution is 2.19. The van der Waals surface area contributed by atoms with Crippen LogP contribution < -0.4 is 10.9 Å². The van der Waals surface area contributed by atoms with Crippen molar-refractivity contribution in [3.63, 3.8) is 0 Å². The molecular weight excluding hydrogens is 442 g/mol. The number of aromatic amines is 1. The molecule has 0 atom stereocenters. The number of nitrogens with zero attached hydrogens (tertiary/aromatic N) is 3. The highest BCUT2D eigenvalue weighted by Gasteiger charge is 2.21. The summed E-state index contributed by atoms with van der Waals surface area (Å²) in [5.41, 5.74) is 0.596. The molecule has 1 aromatic carbocycles. The van der Waals surface area contributed by atoms with Crippen LogP contribution in [0.1, 0.15) is 10.7 Å². The SMILES string of the molecule is O=C(NCc1cc(Br)cs1)N1CCN(Cc2nc3ccccc3c(=O)[nH]2)CC1. The maximum Gasteiger partial charge on any atom is 0.317 e. The van der Waals surface area contributed by atoms with E-state index < -0.39 is 0 Å². The third-order valence-electron chi connectivity index (χ3n) is 4.73. The molecule has 28 heavy (non-hydrogen) atoms. The molecule has 2 N–H and O–H groups in total. The van der Waals surface area contributed by atoms with Crippen LogP contribution in [0.25, 0.3) is 10.9 Å². The molecule has 146 valence electrons. The Hall–Kier alpha value is -2.23. The minimum Gasteiger partial charge on any atom is -0.333 e. The second-order valence-corrected chi connectivity index (χ2v) is 8.59. The van der Waals surface area contributed by atoms with Crippen molar-refractivity contribution in [1.82, 2.24) is 25.1 Å². The molecule has 3 heterocycles. The lowest BCUT2D eigenvalue weighted by Crippen LogP contribution is -2.51. The summed E-state index contributed by atoms with van der Waals surface area (Å²) >= 11 is 5.04. The van der Waals surface area contributed by atoms with Crippen molar-refractivity contribution in [2.75, 3.05) is 26.2 Å². The van der Waals surface area contributed by atoms with E-state index in [9.17, 15) is 9.59 Å². The second kappa shape index (κ2) is 8.42. The average molecular weight is 462 g/mol. The molecule has 7 nitrogen and oxygen atoms in total. The smallest absolute Gasteiger partial charge is 0.317 e. The number of thiophene rings is 1. The van der Waals surface area contributed by atoms with Gasteiger partial charge in [0.1, 0.15) is 5.82 Å². The Morgan fingerprint density at radius 1 is 1.25 bits per heavy atom. The van der Waals surface area contributed by atoms with Gasteiger partial charge < -0.3 is 15.2 Å². The van der Waals surface area contributed by atoms with Crippen LogP contribution in [0.3, 0.4) is 0 Å². The molecule has 9 heteroatoms. The van der Waals surface area contributed by atoms with Gasteiger partial charge in [-0.05, 0) is 34.1 Å². The van der Waals surface area contributed by atoms with E-state index in [1.54, 1.807) is 17.4 Å². The summed E-state index contributed by atoms with van der Waals surface area (Å²) in [5.74, 6) is 0.657. The molecule has 0 bridgehead atoms. The molecule has 0 saturated carbocycles. The normalized spacial score (nSPS) is 15.1. The molecule has 0 spiro atoms. The fourth-order valence-electron chi connectivity index (χ4n) is 3.25. The maximum atomic E-state index is 12.4. The van der Waals surface area contributed by atoms with Gasteiger partial charge in [0.15, 0.2) is 0 Å². The minimum atomic E-state index is -0.112. The van der Waals surface area contributed by atoms with E-state index in [4.69, 9.17) is 0 Å². The second-order valence-electron chi connectivity index (χ2n) is 6.68. The van der Waals surface area contributed by atoms with Crippen LogP contribution in [0.2, 0.25) is 0 Å². The molecule has 1 aliphatic rings. The monoisotopic (exact) mass is 461 g/mol. The fourth-order valence-corrected chi connectivity index (χ4v) is 4.64. The van der Waals surface area contributed by atoms with E-state index in [1.807, 2.05) is 34.5 Å². The van der Waals surface area contributed by atoms with Crippen molar-refractivity contribution >= 4 is 44.2 Å². The lowest BCUT2D eigenvalue weighted by Gasteiger charge is -2.34. The Morgan fingerprint density at radius 2 is 2.04 bits per heavy atom. The maximum absolute atomic E-state index is 12.4. The summed E-state index contributed by atoms with van der Waals surface area (Å²) in [4.78, 5) is 37.1. The van der Waals surface area contributed by atoms with Crippen LogP contribution in [0, 0.1) is 0 Å². The number of piperazine rings is 1. The number of nitrogens with one attached hydrogen (secondary N) is 2. The van der Waals surface area contributed by atoms with Gasteiger partial charge in [-0.25, -0.2) is 9.78 Å². The fraction of sp³-hybridized carbons (Fsp3) is 0.316. The number of hydrogen-bond donors (Lipinski definition) is 2. The quantitative estimate of drug-likeness (QED) is 0.625. The van der Waals surface area contributed by atoms with Crippen molar-refractivity contribution in [3.8, 4) is 0 Å². The first-order chi connectivity index (χ1) is 13.6. The molecule has 2 amide bonds. The van der Waals surface area contributed by atoms with Gasteiger partial charge in [0.05, 0.1) is 24.0 Å². The molecule has 4 rings (SSSR count). The number of fused-ring (bicyclic) bond motifs is 1. The Morgan fingerprint density at radius 3 is 2.79 bits per heavy atom. The average Bonchev–Trinajstić information content (AvgIpc) is 3.12. The van der Waals surface area contributed by atoms with Gasteiger partial charge in [-0.3, -0.25) is 9.69 Å². The number of aromatic nitrogens is 2. The van der Waals surface area contributed by atoms with E-state index in [-0.39, 0.29) is 11.6 Å². The van der Waals surface area contributed by atoms with Gasteiger partial charge >= 0.3 is 6.03 Å². The topological polar surface area (TPSA) is 81.3 Å². The predicted octanol–water partition coefficient (Wildman–Crippen LogP) is 2.77. The predicted molar refractivity (Wildman–Crippen MR) is 113 cm³/mol. The van der Waals surface area contributed by atoms with Gasteiger partial charge in [-0.1, -0.05) is 12.1 Å². The number of carbonyl (C=O) groups excluding carboxylic acids is 1. The molecule has 1 fully saturated rings. The number of amides is 2. The number of carbonyl (C=O) groups is 1. The van der Waals surface area contributed by atoms with Gasteiger partial charge in [-0.15, -0.1) is 11.3 Å².